The molecule has 0 N–H and O–H groups in total. The largest absolute Gasteiger partial charge is 0.380 e. The van der Waals surface area contributed by atoms with Crippen LogP contribution in [0.4, 0.5) is 0 Å². The quantitative estimate of drug-likeness (QED) is 0.446. The molecule has 0 unspecified atom stereocenters. The Kier molecular flexibility index (Phi) is 6.12. The molecule has 3 heteroatoms. The Labute approximate surface area is 67.9 Å². The van der Waals surface area contributed by atoms with Gasteiger partial charge in [0.05, 0.1) is 6.61 Å². The first-order valence-corrected chi connectivity index (χ1v) is 3.46. The van der Waals surface area contributed by atoms with E-state index >= 15 is 0 Å². The van der Waals surface area contributed by atoms with Crippen molar-refractivity contribution in [2.24, 2.45) is 0 Å². The van der Waals surface area contributed by atoms with Crippen molar-refractivity contribution in [2.45, 2.75) is 13.2 Å². The van der Waals surface area contributed by atoms with Crippen molar-refractivity contribution >= 4 is 0 Å². The van der Waals surface area contributed by atoms with Gasteiger partial charge < -0.3 is 14.2 Å². The van der Waals surface area contributed by atoms with E-state index in [0.29, 0.717) is 6.61 Å². The molecule has 0 fully saturated rings. The zero-order valence-electron chi connectivity index (χ0n) is 7.59. The average molecular weight is 160 g/mol. The normalized spacial score (nSPS) is 12.6. The maximum atomic E-state index is 4.96. The van der Waals surface area contributed by atoms with Crippen molar-refractivity contribution in [3.05, 3.63) is 11.6 Å². The van der Waals surface area contributed by atoms with E-state index in [1.165, 1.54) is 0 Å². The smallest absolute Gasteiger partial charge is 0.176 e. The molecule has 0 atom stereocenters. The Morgan fingerprint density at radius 2 is 1.82 bits per heavy atom. The van der Waals surface area contributed by atoms with E-state index < -0.39 is 0 Å². The number of methoxy groups -OCH3 is 3. The van der Waals surface area contributed by atoms with Crippen LogP contribution in [0.25, 0.3) is 0 Å². The molecular formula is C8H16O3. The zero-order chi connectivity index (χ0) is 8.69. The van der Waals surface area contributed by atoms with Gasteiger partial charge in [0, 0.05) is 21.3 Å². The van der Waals surface area contributed by atoms with Gasteiger partial charge in [-0.25, -0.2) is 0 Å². The van der Waals surface area contributed by atoms with Crippen LogP contribution in [0.3, 0.4) is 0 Å². The molecule has 3 nitrogen and oxygen atoms in total. The molecule has 0 saturated carbocycles. The second-order valence-corrected chi connectivity index (χ2v) is 2.29. The second-order valence-electron chi connectivity index (χ2n) is 2.29. The molecule has 0 aliphatic rings. The fourth-order valence-electron chi connectivity index (χ4n) is 0.740. The van der Waals surface area contributed by atoms with Crippen LogP contribution in [-0.4, -0.2) is 34.2 Å². The Balaban J connectivity index is 3.81. The summed E-state index contributed by atoms with van der Waals surface area (Å²) in [6, 6.07) is 0. The lowest BCUT2D eigenvalue weighted by Crippen LogP contribution is -2.10. The third-order valence-electron chi connectivity index (χ3n) is 1.26. The monoisotopic (exact) mass is 160 g/mol. The molecule has 0 rings (SSSR count). The van der Waals surface area contributed by atoms with Gasteiger partial charge in [-0.05, 0) is 18.6 Å². The standard InChI is InChI=1S/C8H16O3/c1-7(6-9-2)5-8(10-3)11-4/h5,8H,6H2,1-4H3/b7-5+. The maximum absolute atomic E-state index is 4.96. The molecule has 0 aliphatic heterocycles. The molecule has 0 aromatic heterocycles. The van der Waals surface area contributed by atoms with Gasteiger partial charge in [0.1, 0.15) is 0 Å². The van der Waals surface area contributed by atoms with E-state index in [1.54, 1.807) is 21.3 Å². The van der Waals surface area contributed by atoms with Crippen LogP contribution in [0, 0.1) is 0 Å². The number of hydrogen-bond acceptors (Lipinski definition) is 3. The fraction of sp³-hybridized carbons (Fsp3) is 0.750. The van der Waals surface area contributed by atoms with Gasteiger partial charge in [-0.15, -0.1) is 0 Å². The van der Waals surface area contributed by atoms with Gasteiger partial charge in [-0.1, -0.05) is 0 Å². The van der Waals surface area contributed by atoms with Gasteiger partial charge in [-0.2, -0.15) is 0 Å². The zero-order valence-corrected chi connectivity index (χ0v) is 7.59. The highest BCUT2D eigenvalue weighted by atomic mass is 16.7. The van der Waals surface area contributed by atoms with Crippen LogP contribution in [0.2, 0.25) is 0 Å². The predicted molar refractivity (Wildman–Crippen MR) is 43.4 cm³/mol. The van der Waals surface area contributed by atoms with Crippen molar-refractivity contribution in [2.75, 3.05) is 27.9 Å². The van der Waals surface area contributed by atoms with E-state index in [0.717, 1.165) is 5.57 Å². The summed E-state index contributed by atoms with van der Waals surface area (Å²) >= 11 is 0. The van der Waals surface area contributed by atoms with E-state index in [-0.39, 0.29) is 6.29 Å². The van der Waals surface area contributed by atoms with Gasteiger partial charge in [0.15, 0.2) is 6.29 Å². The molecule has 0 aromatic carbocycles. The van der Waals surface area contributed by atoms with Crippen LogP contribution >= 0.6 is 0 Å². The summed E-state index contributed by atoms with van der Waals surface area (Å²) < 4.78 is 14.8. The highest BCUT2D eigenvalue weighted by Crippen LogP contribution is 1.99. The molecule has 0 amide bonds. The van der Waals surface area contributed by atoms with E-state index in [1.807, 2.05) is 13.0 Å². The van der Waals surface area contributed by atoms with Gasteiger partial charge in [0.25, 0.3) is 0 Å². The Hall–Kier alpha value is -0.380. The first-order valence-electron chi connectivity index (χ1n) is 3.46. The predicted octanol–water partition coefficient (Wildman–Crippen LogP) is 1.20. The SMILES string of the molecule is COC/C(C)=C/C(OC)OC. The molecule has 0 radical (unpaired) electrons. The van der Waals surface area contributed by atoms with Crippen LogP contribution < -0.4 is 0 Å². The summed E-state index contributed by atoms with van der Waals surface area (Å²) in [7, 11) is 4.86. The molecule has 0 saturated heterocycles. The topological polar surface area (TPSA) is 27.7 Å². The van der Waals surface area contributed by atoms with Crippen molar-refractivity contribution in [1.29, 1.82) is 0 Å². The summed E-state index contributed by atoms with van der Waals surface area (Å²) in [4.78, 5) is 0. The number of rotatable bonds is 5. The lowest BCUT2D eigenvalue weighted by molar-refractivity contribution is -0.0674. The minimum Gasteiger partial charge on any atom is -0.380 e. The minimum absolute atomic E-state index is 0.259. The Bertz CT molecular complexity index is 117. The highest BCUT2D eigenvalue weighted by molar-refractivity contribution is 5.00. The van der Waals surface area contributed by atoms with Crippen molar-refractivity contribution in [3.8, 4) is 0 Å². The molecular weight excluding hydrogens is 144 g/mol. The minimum atomic E-state index is -0.259. The summed E-state index contributed by atoms with van der Waals surface area (Å²) in [6.07, 6.45) is 1.62. The Morgan fingerprint density at radius 1 is 1.27 bits per heavy atom. The molecule has 0 aromatic rings. The van der Waals surface area contributed by atoms with E-state index in [9.17, 15) is 0 Å². The summed E-state index contributed by atoms with van der Waals surface area (Å²) in [5, 5.41) is 0. The molecule has 0 bridgehead atoms. The number of ether oxygens (including phenoxy) is 3. The highest BCUT2D eigenvalue weighted by Gasteiger charge is 1.99. The fourth-order valence-corrected chi connectivity index (χ4v) is 0.740. The molecule has 0 heterocycles. The summed E-state index contributed by atoms with van der Waals surface area (Å²) in [5.74, 6) is 0. The maximum Gasteiger partial charge on any atom is 0.176 e. The van der Waals surface area contributed by atoms with E-state index in [4.69, 9.17) is 14.2 Å². The number of hydrogen-bond donors (Lipinski definition) is 0. The van der Waals surface area contributed by atoms with Crippen LogP contribution in [0.1, 0.15) is 6.92 Å². The average Bonchev–Trinajstić information content (AvgIpc) is 2.01. The van der Waals surface area contributed by atoms with Gasteiger partial charge >= 0.3 is 0 Å². The van der Waals surface area contributed by atoms with Crippen molar-refractivity contribution < 1.29 is 14.2 Å². The van der Waals surface area contributed by atoms with Crippen LogP contribution in [0.5, 0.6) is 0 Å². The van der Waals surface area contributed by atoms with Crippen molar-refractivity contribution in [1.82, 2.24) is 0 Å². The molecule has 66 valence electrons. The van der Waals surface area contributed by atoms with Crippen LogP contribution in [-0.2, 0) is 14.2 Å². The second kappa shape index (κ2) is 6.34. The molecule has 11 heavy (non-hydrogen) atoms. The van der Waals surface area contributed by atoms with E-state index in [2.05, 4.69) is 0 Å². The third-order valence-corrected chi connectivity index (χ3v) is 1.26. The first-order chi connectivity index (χ1) is 5.24. The first kappa shape index (κ1) is 10.6. The Morgan fingerprint density at radius 3 is 2.18 bits per heavy atom. The van der Waals surface area contributed by atoms with Crippen LogP contribution in [0.15, 0.2) is 11.6 Å². The van der Waals surface area contributed by atoms with Gasteiger partial charge in [-0.3, -0.25) is 0 Å². The lowest BCUT2D eigenvalue weighted by Gasteiger charge is -2.09. The molecule has 0 aliphatic carbocycles. The third kappa shape index (κ3) is 4.95. The summed E-state index contributed by atoms with van der Waals surface area (Å²) in [5.41, 5.74) is 1.10. The van der Waals surface area contributed by atoms with Gasteiger partial charge in [0.2, 0.25) is 0 Å². The van der Waals surface area contributed by atoms with Crippen molar-refractivity contribution in [3.63, 3.8) is 0 Å². The lowest BCUT2D eigenvalue weighted by atomic mass is 10.3. The molecule has 0 spiro atoms. The summed E-state index contributed by atoms with van der Waals surface area (Å²) in [6.45, 7) is 2.58.